The first kappa shape index (κ1) is 13.6. The van der Waals surface area contributed by atoms with Crippen LogP contribution in [0.2, 0.25) is 5.15 Å². The summed E-state index contributed by atoms with van der Waals surface area (Å²) in [5, 5.41) is 9.22. The van der Waals surface area contributed by atoms with Crippen LogP contribution in [0.25, 0.3) is 0 Å². The summed E-state index contributed by atoms with van der Waals surface area (Å²) in [7, 11) is 0. The predicted molar refractivity (Wildman–Crippen MR) is 45.9 cm³/mol. The highest BCUT2D eigenvalue weighted by atomic mass is 35.5. The lowest BCUT2D eigenvalue weighted by Crippen LogP contribution is -2.13. The minimum Gasteiger partial charge on any atom is -0.258 e. The van der Waals surface area contributed by atoms with E-state index in [1.807, 2.05) is 0 Å². The van der Waals surface area contributed by atoms with Crippen molar-refractivity contribution in [2.24, 2.45) is 0 Å². The molecule has 0 N–H and O–H groups in total. The van der Waals surface area contributed by atoms with Gasteiger partial charge in [-0.1, -0.05) is 11.6 Å². The van der Waals surface area contributed by atoms with Crippen LogP contribution >= 0.6 is 11.6 Å². The summed E-state index contributed by atoms with van der Waals surface area (Å²) in [5.74, 6) is 0. The van der Waals surface area contributed by atoms with E-state index in [-0.39, 0.29) is 6.07 Å². The maximum Gasteiger partial charge on any atom is 0.440 e. The third-order valence-corrected chi connectivity index (χ3v) is 1.99. The third kappa shape index (κ3) is 2.78. The van der Waals surface area contributed by atoms with Crippen LogP contribution in [0.1, 0.15) is 17.7 Å². The Morgan fingerprint density at radius 1 is 1.41 bits per heavy atom. The minimum absolute atomic E-state index is 0.0722. The number of pyridine rings is 1. The van der Waals surface area contributed by atoms with Crippen molar-refractivity contribution in [3.8, 4) is 0 Å². The third-order valence-electron chi connectivity index (χ3n) is 1.68. The van der Waals surface area contributed by atoms with Gasteiger partial charge in [-0.2, -0.15) is 13.2 Å². The SMILES string of the molecule is O=[N+]([O-])c1cc(C(F)F)c(Cl)nc1C(F)(F)F. The zero-order chi connectivity index (χ0) is 13.4. The number of hydrogen-bond acceptors (Lipinski definition) is 3. The van der Waals surface area contributed by atoms with Crippen LogP contribution in [-0.4, -0.2) is 9.91 Å². The topological polar surface area (TPSA) is 56.0 Å². The zero-order valence-electron chi connectivity index (χ0n) is 7.63. The molecule has 0 bridgehead atoms. The van der Waals surface area contributed by atoms with Crippen molar-refractivity contribution in [3.63, 3.8) is 0 Å². The molecule has 0 fully saturated rings. The highest BCUT2D eigenvalue weighted by Gasteiger charge is 2.41. The average Bonchev–Trinajstić information content (AvgIpc) is 2.14. The molecular formula is C7H2ClF5N2O2. The molecule has 1 aromatic rings. The van der Waals surface area contributed by atoms with Gasteiger partial charge in [0.1, 0.15) is 5.15 Å². The number of nitro groups is 1. The number of halogens is 6. The van der Waals surface area contributed by atoms with Crippen molar-refractivity contribution < 1.29 is 26.9 Å². The van der Waals surface area contributed by atoms with Crippen LogP contribution in [0.4, 0.5) is 27.6 Å². The summed E-state index contributed by atoms with van der Waals surface area (Å²) in [4.78, 5) is 11.5. The smallest absolute Gasteiger partial charge is 0.258 e. The normalized spacial score (nSPS) is 11.9. The van der Waals surface area contributed by atoms with Crippen LogP contribution in [0.5, 0.6) is 0 Å². The number of rotatable bonds is 2. The van der Waals surface area contributed by atoms with Crippen LogP contribution in [0.3, 0.4) is 0 Å². The van der Waals surface area contributed by atoms with E-state index in [0.29, 0.717) is 0 Å². The van der Waals surface area contributed by atoms with Gasteiger partial charge in [-0.25, -0.2) is 13.8 Å². The lowest BCUT2D eigenvalue weighted by Gasteiger charge is -2.09. The standard InChI is InChI=1S/C7H2ClF5N2O2/c8-5-2(6(9)10)1-3(15(16)17)4(14-5)7(11,12)13/h1,6H. The van der Waals surface area contributed by atoms with E-state index in [9.17, 15) is 32.1 Å². The Bertz CT molecular complexity index is 462. The van der Waals surface area contributed by atoms with E-state index >= 15 is 0 Å². The second kappa shape index (κ2) is 4.40. The molecule has 4 nitrogen and oxygen atoms in total. The Kier molecular flexibility index (Phi) is 3.51. The second-order valence-corrected chi connectivity index (χ2v) is 3.15. The van der Waals surface area contributed by atoms with Crippen molar-refractivity contribution in [3.05, 3.63) is 32.6 Å². The van der Waals surface area contributed by atoms with Gasteiger partial charge in [-0.15, -0.1) is 0 Å². The molecule has 0 saturated carbocycles. The fourth-order valence-corrected chi connectivity index (χ4v) is 1.22. The Hall–Kier alpha value is -1.51. The molecule has 0 atom stereocenters. The Balaban J connectivity index is 3.53. The van der Waals surface area contributed by atoms with Crippen molar-refractivity contribution in [2.75, 3.05) is 0 Å². The zero-order valence-corrected chi connectivity index (χ0v) is 8.39. The Morgan fingerprint density at radius 3 is 2.29 bits per heavy atom. The van der Waals surface area contributed by atoms with E-state index in [1.54, 1.807) is 0 Å². The molecule has 1 heterocycles. The van der Waals surface area contributed by atoms with Gasteiger partial charge >= 0.3 is 11.9 Å². The van der Waals surface area contributed by atoms with Crippen LogP contribution in [0.15, 0.2) is 6.07 Å². The maximum absolute atomic E-state index is 12.3. The van der Waals surface area contributed by atoms with Gasteiger partial charge in [0.15, 0.2) is 0 Å². The molecular weight excluding hydrogens is 275 g/mol. The molecule has 0 radical (unpaired) electrons. The van der Waals surface area contributed by atoms with Gasteiger partial charge in [0.05, 0.1) is 10.5 Å². The number of nitrogens with zero attached hydrogens (tertiary/aromatic N) is 2. The molecule has 0 spiro atoms. The summed E-state index contributed by atoms with van der Waals surface area (Å²) in [6.45, 7) is 0. The second-order valence-electron chi connectivity index (χ2n) is 2.79. The molecule has 1 aromatic heterocycles. The highest BCUT2D eigenvalue weighted by molar-refractivity contribution is 6.30. The van der Waals surface area contributed by atoms with Gasteiger partial charge in [-0.05, 0) is 0 Å². The van der Waals surface area contributed by atoms with Crippen molar-refractivity contribution >= 4 is 17.3 Å². The van der Waals surface area contributed by atoms with Gasteiger partial charge < -0.3 is 0 Å². The van der Waals surface area contributed by atoms with Gasteiger partial charge in [0.2, 0.25) is 5.69 Å². The van der Waals surface area contributed by atoms with Crippen molar-refractivity contribution in [1.29, 1.82) is 0 Å². The molecule has 1 rings (SSSR count). The predicted octanol–water partition coefficient (Wildman–Crippen LogP) is 3.60. The molecule has 0 aromatic carbocycles. The lowest BCUT2D eigenvalue weighted by atomic mass is 10.2. The highest BCUT2D eigenvalue weighted by Crippen LogP contribution is 2.38. The molecule has 0 aliphatic carbocycles. The van der Waals surface area contributed by atoms with Crippen molar-refractivity contribution in [1.82, 2.24) is 4.98 Å². The summed E-state index contributed by atoms with van der Waals surface area (Å²) < 4.78 is 61.5. The molecule has 0 unspecified atom stereocenters. The summed E-state index contributed by atoms with van der Waals surface area (Å²) in [6, 6.07) is 0.0722. The fraction of sp³-hybridized carbons (Fsp3) is 0.286. The van der Waals surface area contributed by atoms with Gasteiger partial charge in [0, 0.05) is 6.07 Å². The summed E-state index contributed by atoms with van der Waals surface area (Å²) >= 11 is 5.09. The van der Waals surface area contributed by atoms with Crippen LogP contribution in [-0.2, 0) is 6.18 Å². The van der Waals surface area contributed by atoms with E-state index < -0.39 is 39.6 Å². The number of alkyl halides is 5. The van der Waals surface area contributed by atoms with Crippen LogP contribution in [0, 0.1) is 10.1 Å². The van der Waals surface area contributed by atoms with E-state index in [0.717, 1.165) is 0 Å². The monoisotopic (exact) mass is 276 g/mol. The van der Waals surface area contributed by atoms with Crippen molar-refractivity contribution in [2.45, 2.75) is 12.6 Å². The first-order valence-electron chi connectivity index (χ1n) is 3.84. The van der Waals surface area contributed by atoms with E-state index in [4.69, 9.17) is 11.6 Å². The summed E-state index contributed by atoms with van der Waals surface area (Å²) in [6.07, 6.45) is -8.40. The van der Waals surface area contributed by atoms with E-state index in [1.165, 1.54) is 0 Å². The molecule has 0 aliphatic heterocycles. The molecule has 94 valence electrons. The largest absolute Gasteiger partial charge is 0.440 e. The van der Waals surface area contributed by atoms with E-state index in [2.05, 4.69) is 4.98 Å². The summed E-state index contributed by atoms with van der Waals surface area (Å²) in [5.41, 5.74) is -4.58. The minimum atomic E-state index is -5.15. The quantitative estimate of drug-likeness (QED) is 0.359. The van der Waals surface area contributed by atoms with Gasteiger partial charge in [-0.3, -0.25) is 10.1 Å². The fourth-order valence-electron chi connectivity index (χ4n) is 0.996. The Morgan fingerprint density at radius 2 is 1.94 bits per heavy atom. The number of hydrogen-bond donors (Lipinski definition) is 0. The Labute approximate surface area is 95.2 Å². The molecule has 0 saturated heterocycles. The first-order chi connectivity index (χ1) is 7.64. The first-order valence-corrected chi connectivity index (χ1v) is 4.22. The van der Waals surface area contributed by atoms with Crippen LogP contribution < -0.4 is 0 Å². The molecule has 0 amide bonds. The molecule has 10 heteroatoms. The molecule has 0 aliphatic rings. The number of aromatic nitrogens is 1. The lowest BCUT2D eigenvalue weighted by molar-refractivity contribution is -0.388. The maximum atomic E-state index is 12.3. The average molecular weight is 277 g/mol. The molecule has 17 heavy (non-hydrogen) atoms. The van der Waals surface area contributed by atoms with Gasteiger partial charge in [0.25, 0.3) is 6.43 Å².